The minimum absolute atomic E-state index is 0.143. The van der Waals surface area contributed by atoms with Crippen molar-refractivity contribution in [2.45, 2.75) is 19.1 Å². The Morgan fingerprint density at radius 1 is 1.33 bits per heavy atom. The van der Waals surface area contributed by atoms with Gasteiger partial charge in [0, 0.05) is 25.2 Å². The molecule has 3 rings (SSSR count). The standard InChI is InChI=1S/C18H17N3O3/c19-11-15-6-8-20-17(10-15)24-16-7-9-21(12-16)18(22)23-13-14-4-2-1-3-5-14/h1-6,8,10,16H,7,9,12-13H2. The Morgan fingerprint density at radius 2 is 2.17 bits per heavy atom. The highest BCUT2D eigenvalue weighted by molar-refractivity contribution is 5.68. The predicted octanol–water partition coefficient (Wildman–Crippen LogP) is 2.74. The third-order valence-electron chi connectivity index (χ3n) is 3.76. The molecule has 0 radical (unpaired) electrons. The van der Waals surface area contributed by atoms with Crippen molar-refractivity contribution in [2.24, 2.45) is 0 Å². The monoisotopic (exact) mass is 323 g/mol. The maximum absolute atomic E-state index is 12.1. The van der Waals surface area contributed by atoms with Crippen LogP contribution >= 0.6 is 0 Å². The summed E-state index contributed by atoms with van der Waals surface area (Å²) in [5, 5.41) is 8.89. The molecule has 122 valence electrons. The van der Waals surface area contributed by atoms with Gasteiger partial charge >= 0.3 is 6.09 Å². The quantitative estimate of drug-likeness (QED) is 0.865. The summed E-state index contributed by atoms with van der Waals surface area (Å²) in [6.45, 7) is 1.29. The second kappa shape index (κ2) is 7.47. The van der Waals surface area contributed by atoms with E-state index in [9.17, 15) is 4.79 Å². The molecule has 0 saturated carbocycles. The lowest BCUT2D eigenvalue weighted by Crippen LogP contribution is -2.31. The molecule has 2 heterocycles. The molecule has 1 unspecified atom stereocenters. The summed E-state index contributed by atoms with van der Waals surface area (Å²) in [7, 11) is 0. The number of likely N-dealkylation sites (tertiary alicyclic amines) is 1. The minimum Gasteiger partial charge on any atom is -0.472 e. The van der Waals surface area contributed by atoms with Crippen molar-refractivity contribution in [2.75, 3.05) is 13.1 Å². The van der Waals surface area contributed by atoms with Crippen molar-refractivity contribution < 1.29 is 14.3 Å². The molecule has 1 saturated heterocycles. The van der Waals surface area contributed by atoms with E-state index in [1.807, 2.05) is 36.4 Å². The highest BCUT2D eigenvalue weighted by Crippen LogP contribution is 2.18. The lowest BCUT2D eigenvalue weighted by atomic mass is 10.2. The zero-order valence-corrected chi connectivity index (χ0v) is 13.1. The van der Waals surface area contributed by atoms with Crippen molar-refractivity contribution >= 4 is 6.09 Å². The summed E-state index contributed by atoms with van der Waals surface area (Å²) >= 11 is 0. The van der Waals surface area contributed by atoms with Crippen molar-refractivity contribution in [1.29, 1.82) is 5.26 Å². The second-order valence-electron chi connectivity index (χ2n) is 5.51. The summed E-state index contributed by atoms with van der Waals surface area (Å²) in [4.78, 5) is 17.8. The van der Waals surface area contributed by atoms with Crippen molar-refractivity contribution in [3.8, 4) is 11.9 Å². The van der Waals surface area contributed by atoms with Crippen molar-refractivity contribution in [3.05, 3.63) is 59.8 Å². The molecule has 24 heavy (non-hydrogen) atoms. The van der Waals surface area contributed by atoms with Gasteiger partial charge in [-0.15, -0.1) is 0 Å². The first-order valence-corrected chi connectivity index (χ1v) is 7.73. The zero-order chi connectivity index (χ0) is 16.8. The van der Waals surface area contributed by atoms with Crippen LogP contribution in [0.15, 0.2) is 48.7 Å². The molecule has 1 aliphatic heterocycles. The number of hydrogen-bond donors (Lipinski definition) is 0. The molecule has 6 nitrogen and oxygen atoms in total. The number of nitriles is 1. The van der Waals surface area contributed by atoms with Crippen LogP contribution in [0, 0.1) is 11.3 Å². The summed E-state index contributed by atoms with van der Waals surface area (Å²) in [5.41, 5.74) is 1.45. The number of nitrogens with zero attached hydrogens (tertiary/aromatic N) is 3. The Kier molecular flexibility index (Phi) is 4.92. The van der Waals surface area contributed by atoms with Gasteiger partial charge in [-0.25, -0.2) is 9.78 Å². The molecule has 1 amide bonds. The third kappa shape index (κ3) is 4.02. The van der Waals surface area contributed by atoms with Crippen LogP contribution in [-0.2, 0) is 11.3 Å². The van der Waals surface area contributed by atoms with E-state index in [1.165, 1.54) is 6.20 Å². The highest BCUT2D eigenvalue weighted by Gasteiger charge is 2.29. The number of ether oxygens (including phenoxy) is 2. The average molecular weight is 323 g/mol. The van der Waals surface area contributed by atoms with Gasteiger partial charge in [-0.2, -0.15) is 5.26 Å². The normalized spacial score (nSPS) is 16.5. The van der Waals surface area contributed by atoms with Crippen LogP contribution in [0.5, 0.6) is 5.88 Å². The van der Waals surface area contributed by atoms with Crippen LogP contribution in [0.4, 0.5) is 4.79 Å². The van der Waals surface area contributed by atoms with Crippen LogP contribution in [0.3, 0.4) is 0 Å². The van der Waals surface area contributed by atoms with E-state index >= 15 is 0 Å². The fourth-order valence-electron chi connectivity index (χ4n) is 2.52. The van der Waals surface area contributed by atoms with Gasteiger partial charge in [0.25, 0.3) is 0 Å². The van der Waals surface area contributed by atoms with Crippen LogP contribution < -0.4 is 4.74 Å². The number of carbonyl (C=O) groups excluding carboxylic acids is 1. The number of hydrogen-bond acceptors (Lipinski definition) is 5. The van der Waals surface area contributed by atoms with E-state index in [1.54, 1.807) is 17.0 Å². The lowest BCUT2D eigenvalue weighted by Gasteiger charge is -2.17. The second-order valence-corrected chi connectivity index (χ2v) is 5.51. The molecule has 1 atom stereocenters. The van der Waals surface area contributed by atoms with Crippen LogP contribution in [0.1, 0.15) is 17.5 Å². The number of rotatable bonds is 4. The van der Waals surface area contributed by atoms with Gasteiger partial charge in [-0.1, -0.05) is 30.3 Å². The topological polar surface area (TPSA) is 75.5 Å². The number of aromatic nitrogens is 1. The fourth-order valence-corrected chi connectivity index (χ4v) is 2.52. The molecule has 1 fully saturated rings. The van der Waals surface area contributed by atoms with E-state index in [0.717, 1.165) is 5.56 Å². The molecule has 0 N–H and O–H groups in total. The number of benzene rings is 1. The first-order valence-electron chi connectivity index (χ1n) is 7.73. The van der Waals surface area contributed by atoms with E-state index in [0.29, 0.717) is 31.0 Å². The first-order chi connectivity index (χ1) is 11.7. The van der Waals surface area contributed by atoms with E-state index in [4.69, 9.17) is 14.7 Å². The highest BCUT2D eigenvalue weighted by atomic mass is 16.6. The Labute approximate surface area is 140 Å². The molecule has 0 spiro atoms. The van der Waals surface area contributed by atoms with Crippen LogP contribution in [0.25, 0.3) is 0 Å². The maximum Gasteiger partial charge on any atom is 0.410 e. The molecule has 0 aliphatic carbocycles. The molecule has 1 aromatic carbocycles. The van der Waals surface area contributed by atoms with E-state index < -0.39 is 0 Å². The summed E-state index contributed by atoms with van der Waals surface area (Å²) in [5.74, 6) is 0.401. The van der Waals surface area contributed by atoms with Gasteiger partial charge < -0.3 is 14.4 Å². The average Bonchev–Trinajstić information content (AvgIpc) is 3.09. The molecule has 1 aromatic heterocycles. The van der Waals surface area contributed by atoms with Gasteiger partial charge in [0.2, 0.25) is 5.88 Å². The van der Waals surface area contributed by atoms with Crippen LogP contribution in [-0.4, -0.2) is 35.2 Å². The lowest BCUT2D eigenvalue weighted by molar-refractivity contribution is 0.0988. The Morgan fingerprint density at radius 3 is 2.96 bits per heavy atom. The van der Waals surface area contributed by atoms with Gasteiger partial charge in [-0.05, 0) is 11.6 Å². The number of amides is 1. The van der Waals surface area contributed by atoms with Gasteiger partial charge in [0.1, 0.15) is 12.7 Å². The minimum atomic E-state index is -0.344. The molecule has 6 heteroatoms. The number of carbonyl (C=O) groups is 1. The van der Waals surface area contributed by atoms with E-state index in [-0.39, 0.29) is 18.8 Å². The largest absolute Gasteiger partial charge is 0.472 e. The fraction of sp³-hybridized carbons (Fsp3) is 0.278. The first kappa shape index (κ1) is 15.8. The molecule has 2 aromatic rings. The van der Waals surface area contributed by atoms with E-state index in [2.05, 4.69) is 4.98 Å². The van der Waals surface area contributed by atoms with Crippen molar-refractivity contribution in [1.82, 2.24) is 9.88 Å². The van der Waals surface area contributed by atoms with Crippen LogP contribution in [0.2, 0.25) is 0 Å². The zero-order valence-electron chi connectivity index (χ0n) is 13.1. The van der Waals surface area contributed by atoms with Gasteiger partial charge in [0.15, 0.2) is 0 Å². The summed E-state index contributed by atoms with van der Waals surface area (Å²) in [6, 6.07) is 14.8. The maximum atomic E-state index is 12.1. The molecular weight excluding hydrogens is 306 g/mol. The van der Waals surface area contributed by atoms with Gasteiger partial charge in [0.05, 0.1) is 18.2 Å². The third-order valence-corrected chi connectivity index (χ3v) is 3.76. The Balaban J connectivity index is 1.49. The smallest absolute Gasteiger partial charge is 0.410 e. The molecular formula is C18H17N3O3. The predicted molar refractivity (Wildman–Crippen MR) is 86.2 cm³/mol. The Bertz CT molecular complexity index is 743. The summed E-state index contributed by atoms with van der Waals surface area (Å²) < 4.78 is 11.1. The molecule has 1 aliphatic rings. The van der Waals surface area contributed by atoms with Gasteiger partial charge in [-0.3, -0.25) is 0 Å². The van der Waals surface area contributed by atoms with Crippen molar-refractivity contribution in [3.63, 3.8) is 0 Å². The summed E-state index contributed by atoms with van der Waals surface area (Å²) in [6.07, 6.45) is 1.76. The Hall–Kier alpha value is -3.07. The molecule has 0 bridgehead atoms. The SMILES string of the molecule is N#Cc1ccnc(OC2CCN(C(=O)OCc3ccccc3)C2)c1. The number of pyridine rings is 1.